The molecule has 1 aromatic carbocycles. The first-order valence-electron chi connectivity index (χ1n) is 5.45. The fourth-order valence-corrected chi connectivity index (χ4v) is 1.34. The van der Waals surface area contributed by atoms with Crippen LogP contribution in [0.5, 0.6) is 0 Å². The normalized spacial score (nSPS) is 9.06. The number of halogens is 1. The van der Waals surface area contributed by atoms with Gasteiger partial charge in [-0.1, -0.05) is 37.6 Å². The van der Waals surface area contributed by atoms with Gasteiger partial charge in [-0.25, -0.2) is 0 Å². The summed E-state index contributed by atoms with van der Waals surface area (Å²) in [6.45, 7) is 5.95. The Kier molecular flexibility index (Phi) is 7.65. The van der Waals surface area contributed by atoms with Gasteiger partial charge in [0, 0.05) is 11.4 Å². The lowest BCUT2D eigenvalue weighted by Crippen LogP contribution is -2.01. The van der Waals surface area contributed by atoms with E-state index in [0.717, 1.165) is 16.1 Å². The standard InChI is InChI=1S/C11H13ClO2.C2H6/c1-8-3-4-9(7-10(8)12)5-6-11(13)14-2;1-2/h3-4,7H,5-6H2,1-2H3;1-2H3. The van der Waals surface area contributed by atoms with Crippen molar-refractivity contribution in [2.45, 2.75) is 33.6 Å². The second-order valence-corrected chi connectivity index (χ2v) is 3.57. The number of carbonyl (C=O) groups excluding carboxylic acids is 1. The molecule has 0 saturated heterocycles. The molecule has 0 heterocycles. The number of ether oxygens (including phenoxy) is 1. The fraction of sp³-hybridized carbons (Fsp3) is 0.462. The Hall–Kier alpha value is -1.02. The number of hydrogen-bond donors (Lipinski definition) is 0. The van der Waals surface area contributed by atoms with E-state index in [1.807, 2.05) is 39.0 Å². The molecule has 0 bridgehead atoms. The first-order valence-corrected chi connectivity index (χ1v) is 5.83. The summed E-state index contributed by atoms with van der Waals surface area (Å²) in [4.78, 5) is 10.9. The number of rotatable bonds is 3. The highest BCUT2D eigenvalue weighted by atomic mass is 35.5. The van der Waals surface area contributed by atoms with Gasteiger partial charge < -0.3 is 4.74 Å². The number of methoxy groups -OCH3 is 1. The molecule has 0 aliphatic heterocycles. The molecule has 3 heteroatoms. The summed E-state index contributed by atoms with van der Waals surface area (Å²) in [6, 6.07) is 5.82. The van der Waals surface area contributed by atoms with Gasteiger partial charge in [0.1, 0.15) is 0 Å². The Morgan fingerprint density at radius 2 is 2.00 bits per heavy atom. The monoisotopic (exact) mass is 242 g/mol. The molecule has 0 atom stereocenters. The molecule has 0 aliphatic carbocycles. The van der Waals surface area contributed by atoms with E-state index >= 15 is 0 Å². The van der Waals surface area contributed by atoms with E-state index in [4.69, 9.17) is 11.6 Å². The van der Waals surface area contributed by atoms with Crippen LogP contribution in [-0.2, 0) is 16.0 Å². The van der Waals surface area contributed by atoms with Crippen LogP contribution in [-0.4, -0.2) is 13.1 Å². The van der Waals surface area contributed by atoms with Crippen LogP contribution in [0, 0.1) is 6.92 Å². The van der Waals surface area contributed by atoms with Gasteiger partial charge >= 0.3 is 5.97 Å². The Morgan fingerprint density at radius 3 is 2.50 bits per heavy atom. The highest BCUT2D eigenvalue weighted by Gasteiger charge is 2.02. The Morgan fingerprint density at radius 1 is 1.38 bits per heavy atom. The molecule has 0 saturated carbocycles. The first kappa shape index (κ1) is 15.0. The summed E-state index contributed by atoms with van der Waals surface area (Å²) < 4.78 is 4.55. The van der Waals surface area contributed by atoms with Crippen LogP contribution in [0.25, 0.3) is 0 Å². The van der Waals surface area contributed by atoms with Gasteiger partial charge in [0.15, 0.2) is 0 Å². The quantitative estimate of drug-likeness (QED) is 0.754. The van der Waals surface area contributed by atoms with Crippen molar-refractivity contribution in [3.8, 4) is 0 Å². The highest BCUT2D eigenvalue weighted by Crippen LogP contribution is 2.17. The first-order chi connectivity index (χ1) is 7.63. The minimum Gasteiger partial charge on any atom is -0.469 e. The molecule has 1 rings (SSSR count). The van der Waals surface area contributed by atoms with E-state index in [1.165, 1.54) is 7.11 Å². The van der Waals surface area contributed by atoms with Gasteiger partial charge in [0.25, 0.3) is 0 Å². The second-order valence-electron chi connectivity index (χ2n) is 3.16. The van der Waals surface area contributed by atoms with Gasteiger partial charge in [-0.05, 0) is 30.5 Å². The van der Waals surface area contributed by atoms with Crippen LogP contribution in [0.2, 0.25) is 5.02 Å². The molecule has 0 spiro atoms. The smallest absolute Gasteiger partial charge is 0.305 e. The van der Waals surface area contributed by atoms with Crippen molar-refractivity contribution >= 4 is 17.6 Å². The maximum atomic E-state index is 10.9. The number of carbonyl (C=O) groups is 1. The van der Waals surface area contributed by atoms with E-state index in [-0.39, 0.29) is 5.97 Å². The Bertz CT molecular complexity index is 335. The van der Waals surface area contributed by atoms with Crippen molar-refractivity contribution in [2.24, 2.45) is 0 Å². The van der Waals surface area contributed by atoms with Crippen molar-refractivity contribution in [3.05, 3.63) is 34.3 Å². The predicted octanol–water partition coefficient (Wildman–Crippen LogP) is 3.78. The lowest BCUT2D eigenvalue weighted by molar-refractivity contribution is -0.140. The minimum atomic E-state index is -0.193. The Labute approximate surface area is 103 Å². The molecule has 16 heavy (non-hydrogen) atoms. The van der Waals surface area contributed by atoms with Crippen molar-refractivity contribution in [1.82, 2.24) is 0 Å². The lowest BCUT2D eigenvalue weighted by atomic mass is 10.1. The maximum absolute atomic E-state index is 10.9. The summed E-state index contributed by atoms with van der Waals surface area (Å²) in [5.74, 6) is -0.193. The van der Waals surface area contributed by atoms with E-state index in [9.17, 15) is 4.79 Å². The third kappa shape index (κ3) is 5.17. The summed E-state index contributed by atoms with van der Waals surface area (Å²) in [7, 11) is 1.39. The molecule has 0 fully saturated rings. The van der Waals surface area contributed by atoms with Crippen LogP contribution in [0.1, 0.15) is 31.4 Å². The topological polar surface area (TPSA) is 26.3 Å². The van der Waals surface area contributed by atoms with Crippen molar-refractivity contribution in [1.29, 1.82) is 0 Å². The fourth-order valence-electron chi connectivity index (χ4n) is 1.14. The van der Waals surface area contributed by atoms with E-state index in [1.54, 1.807) is 0 Å². The van der Waals surface area contributed by atoms with Crippen LogP contribution in [0.4, 0.5) is 0 Å². The summed E-state index contributed by atoms with van der Waals surface area (Å²) in [5, 5.41) is 0.743. The zero-order valence-corrected chi connectivity index (χ0v) is 11.1. The predicted molar refractivity (Wildman–Crippen MR) is 67.9 cm³/mol. The number of hydrogen-bond acceptors (Lipinski definition) is 2. The number of esters is 1. The number of aryl methyl sites for hydroxylation is 2. The number of benzene rings is 1. The molecule has 0 unspecified atom stereocenters. The molecule has 0 aromatic heterocycles. The van der Waals surface area contributed by atoms with E-state index < -0.39 is 0 Å². The molecule has 0 N–H and O–H groups in total. The van der Waals surface area contributed by atoms with Gasteiger partial charge in [0.05, 0.1) is 7.11 Å². The Balaban J connectivity index is 0.00000106. The SMILES string of the molecule is CC.COC(=O)CCc1ccc(C)c(Cl)c1. The minimum absolute atomic E-state index is 0.193. The molecule has 0 aliphatic rings. The lowest BCUT2D eigenvalue weighted by Gasteiger charge is -2.03. The van der Waals surface area contributed by atoms with Crippen LogP contribution >= 0.6 is 11.6 Å². The van der Waals surface area contributed by atoms with Crippen LogP contribution in [0.3, 0.4) is 0 Å². The average Bonchev–Trinajstić information content (AvgIpc) is 2.33. The van der Waals surface area contributed by atoms with Crippen molar-refractivity contribution < 1.29 is 9.53 Å². The van der Waals surface area contributed by atoms with E-state index in [0.29, 0.717) is 12.8 Å². The second kappa shape index (κ2) is 8.17. The molecular formula is C13H19ClO2. The molecule has 0 radical (unpaired) electrons. The average molecular weight is 243 g/mol. The molecule has 90 valence electrons. The molecule has 0 amide bonds. The zero-order chi connectivity index (χ0) is 12.6. The summed E-state index contributed by atoms with van der Waals surface area (Å²) in [6.07, 6.45) is 1.07. The third-order valence-electron chi connectivity index (χ3n) is 2.08. The van der Waals surface area contributed by atoms with Gasteiger partial charge in [-0.3, -0.25) is 4.79 Å². The molecule has 2 nitrogen and oxygen atoms in total. The van der Waals surface area contributed by atoms with E-state index in [2.05, 4.69) is 4.74 Å². The summed E-state index contributed by atoms with van der Waals surface area (Å²) in [5.41, 5.74) is 2.11. The van der Waals surface area contributed by atoms with Crippen molar-refractivity contribution in [2.75, 3.05) is 7.11 Å². The van der Waals surface area contributed by atoms with Crippen LogP contribution in [0.15, 0.2) is 18.2 Å². The maximum Gasteiger partial charge on any atom is 0.305 e. The summed E-state index contributed by atoms with van der Waals surface area (Å²) >= 11 is 5.95. The molecule has 1 aromatic rings. The van der Waals surface area contributed by atoms with Gasteiger partial charge in [0.2, 0.25) is 0 Å². The van der Waals surface area contributed by atoms with Crippen LogP contribution < -0.4 is 0 Å². The molecular weight excluding hydrogens is 224 g/mol. The third-order valence-corrected chi connectivity index (χ3v) is 2.49. The highest BCUT2D eigenvalue weighted by molar-refractivity contribution is 6.31. The van der Waals surface area contributed by atoms with Gasteiger partial charge in [-0.2, -0.15) is 0 Å². The van der Waals surface area contributed by atoms with Crippen molar-refractivity contribution in [3.63, 3.8) is 0 Å². The zero-order valence-electron chi connectivity index (χ0n) is 10.3. The van der Waals surface area contributed by atoms with Gasteiger partial charge in [-0.15, -0.1) is 0 Å². The largest absolute Gasteiger partial charge is 0.469 e.